The van der Waals surface area contributed by atoms with Gasteiger partial charge in [-0.3, -0.25) is 4.99 Å². The lowest BCUT2D eigenvalue weighted by Gasteiger charge is -2.13. The highest BCUT2D eigenvalue weighted by molar-refractivity contribution is 6.33. The zero-order valence-electron chi connectivity index (χ0n) is 15.5. The van der Waals surface area contributed by atoms with E-state index in [2.05, 4.69) is 16.9 Å². The maximum atomic E-state index is 6.42. The Balaban J connectivity index is 2.20. The van der Waals surface area contributed by atoms with Gasteiger partial charge in [-0.1, -0.05) is 29.3 Å². The molecule has 2 rings (SSSR count). The van der Waals surface area contributed by atoms with Crippen molar-refractivity contribution < 1.29 is 4.74 Å². The Hall–Kier alpha value is -2.04. The highest BCUT2D eigenvalue weighted by Gasteiger charge is 2.12. The summed E-state index contributed by atoms with van der Waals surface area (Å²) in [5.74, 6) is 0.700. The Morgan fingerprint density at radius 2 is 2.00 bits per heavy atom. The number of aryl methyl sites for hydroxylation is 1. The van der Waals surface area contributed by atoms with Crippen LogP contribution in [0.1, 0.15) is 18.1 Å². The second kappa shape index (κ2) is 9.60. The highest BCUT2D eigenvalue weighted by atomic mass is 35.5. The first kappa shape index (κ1) is 20.3. The Morgan fingerprint density at radius 3 is 2.65 bits per heavy atom. The zero-order valence-corrected chi connectivity index (χ0v) is 17.0. The summed E-state index contributed by atoms with van der Waals surface area (Å²) in [5, 5.41) is 1.21. The van der Waals surface area contributed by atoms with E-state index in [1.807, 2.05) is 49.2 Å². The van der Waals surface area contributed by atoms with Crippen molar-refractivity contribution in [2.75, 3.05) is 27.2 Å². The van der Waals surface area contributed by atoms with Crippen LogP contribution in [-0.2, 0) is 0 Å². The average Bonchev–Trinajstić information content (AvgIpc) is 2.63. The number of nitrogens with zero attached hydrogens (tertiary/aromatic N) is 3. The van der Waals surface area contributed by atoms with Gasteiger partial charge in [-0.2, -0.15) is 0 Å². The van der Waals surface area contributed by atoms with E-state index < -0.39 is 0 Å². The van der Waals surface area contributed by atoms with Crippen LogP contribution in [0.4, 0.5) is 5.69 Å². The predicted molar refractivity (Wildman–Crippen MR) is 112 cm³/mol. The van der Waals surface area contributed by atoms with Crippen molar-refractivity contribution in [3.63, 3.8) is 0 Å². The van der Waals surface area contributed by atoms with Crippen molar-refractivity contribution >= 4 is 40.9 Å². The standard InChI is InChI=1S/C20H23Cl2N3O/c1-5-25(4)13-24-19-9-14(2)17(11-18(19)22)20(23-3)12-26-16-8-6-7-15(21)10-16/h6-11,13H,5,12H2,1-4H3. The second-order valence-corrected chi connectivity index (χ2v) is 6.70. The Labute approximate surface area is 165 Å². The first-order valence-electron chi connectivity index (χ1n) is 8.33. The third-order valence-electron chi connectivity index (χ3n) is 3.94. The minimum atomic E-state index is 0.329. The van der Waals surface area contributed by atoms with E-state index >= 15 is 0 Å². The van der Waals surface area contributed by atoms with Gasteiger partial charge >= 0.3 is 0 Å². The van der Waals surface area contributed by atoms with Gasteiger partial charge < -0.3 is 9.64 Å². The normalized spacial score (nSPS) is 11.8. The molecule has 0 aliphatic rings. The Kier molecular flexibility index (Phi) is 7.49. The number of hydrogen-bond acceptors (Lipinski definition) is 3. The number of benzene rings is 2. The van der Waals surface area contributed by atoms with Crippen molar-refractivity contribution in [1.82, 2.24) is 4.90 Å². The van der Waals surface area contributed by atoms with Crippen molar-refractivity contribution in [2.45, 2.75) is 13.8 Å². The molecule has 0 aliphatic carbocycles. The molecule has 0 unspecified atom stereocenters. The minimum Gasteiger partial charge on any atom is -0.487 e. The van der Waals surface area contributed by atoms with Crippen molar-refractivity contribution in [3.05, 3.63) is 57.6 Å². The van der Waals surface area contributed by atoms with Crippen LogP contribution in [0, 0.1) is 6.92 Å². The summed E-state index contributed by atoms with van der Waals surface area (Å²) in [7, 11) is 3.71. The molecule has 0 aromatic heterocycles. The molecule has 0 spiro atoms. The fraction of sp³-hybridized carbons (Fsp3) is 0.300. The van der Waals surface area contributed by atoms with Gasteiger partial charge in [0.2, 0.25) is 0 Å². The topological polar surface area (TPSA) is 37.2 Å². The van der Waals surface area contributed by atoms with Gasteiger partial charge in [0.15, 0.2) is 0 Å². The lowest BCUT2D eigenvalue weighted by Crippen LogP contribution is -2.15. The van der Waals surface area contributed by atoms with E-state index in [1.54, 1.807) is 19.5 Å². The van der Waals surface area contributed by atoms with Crippen molar-refractivity contribution in [2.24, 2.45) is 9.98 Å². The summed E-state index contributed by atoms with van der Waals surface area (Å²) in [6.45, 7) is 5.28. The molecule has 26 heavy (non-hydrogen) atoms. The molecule has 0 amide bonds. The predicted octanol–water partition coefficient (Wildman–Crippen LogP) is 5.41. The third-order valence-corrected chi connectivity index (χ3v) is 4.48. The van der Waals surface area contributed by atoms with Gasteiger partial charge in [0.25, 0.3) is 0 Å². The van der Waals surface area contributed by atoms with Crippen LogP contribution >= 0.6 is 23.2 Å². The highest BCUT2D eigenvalue weighted by Crippen LogP contribution is 2.29. The number of halogens is 2. The fourth-order valence-electron chi connectivity index (χ4n) is 2.29. The number of hydrogen-bond donors (Lipinski definition) is 0. The number of rotatable bonds is 7. The molecular formula is C20H23Cl2N3O. The van der Waals surface area contributed by atoms with E-state index in [9.17, 15) is 0 Å². The van der Waals surface area contributed by atoms with Gasteiger partial charge in [-0.25, -0.2) is 4.99 Å². The van der Waals surface area contributed by atoms with Crippen LogP contribution in [0.15, 0.2) is 46.4 Å². The monoisotopic (exact) mass is 391 g/mol. The van der Waals surface area contributed by atoms with Gasteiger partial charge in [0, 0.05) is 31.2 Å². The molecule has 0 bridgehead atoms. The maximum absolute atomic E-state index is 6.42. The fourth-order valence-corrected chi connectivity index (χ4v) is 2.68. The molecule has 0 radical (unpaired) electrons. The molecule has 138 valence electrons. The van der Waals surface area contributed by atoms with E-state index in [0.29, 0.717) is 22.4 Å². The first-order valence-corrected chi connectivity index (χ1v) is 9.09. The van der Waals surface area contributed by atoms with Crippen LogP contribution in [0.25, 0.3) is 0 Å². The van der Waals surface area contributed by atoms with Crippen LogP contribution < -0.4 is 4.74 Å². The summed E-state index contributed by atoms with van der Waals surface area (Å²) in [5.41, 5.74) is 3.53. The molecule has 2 aromatic carbocycles. The molecule has 0 fully saturated rings. The van der Waals surface area contributed by atoms with E-state index in [-0.39, 0.29) is 0 Å². The Morgan fingerprint density at radius 1 is 1.23 bits per heavy atom. The molecule has 0 aliphatic heterocycles. The van der Waals surface area contributed by atoms with Gasteiger partial charge in [0.1, 0.15) is 12.4 Å². The SMILES string of the molecule is CCN(C)C=Nc1cc(C)c(C(COc2cccc(Cl)c2)=NC)cc1Cl. The van der Waals surface area contributed by atoms with E-state index in [1.165, 1.54) is 0 Å². The van der Waals surface area contributed by atoms with Crippen molar-refractivity contribution in [1.29, 1.82) is 0 Å². The molecule has 0 atom stereocenters. The molecular weight excluding hydrogens is 369 g/mol. The lowest BCUT2D eigenvalue weighted by molar-refractivity contribution is 0.377. The zero-order chi connectivity index (χ0) is 19.1. The van der Waals surface area contributed by atoms with Gasteiger partial charge in [-0.05, 0) is 49.7 Å². The average molecular weight is 392 g/mol. The minimum absolute atomic E-state index is 0.329. The van der Waals surface area contributed by atoms with E-state index in [4.69, 9.17) is 27.9 Å². The van der Waals surface area contributed by atoms with Crippen LogP contribution in [-0.4, -0.2) is 44.2 Å². The molecule has 0 N–H and O–H groups in total. The van der Waals surface area contributed by atoms with Gasteiger partial charge in [0.05, 0.1) is 22.8 Å². The molecule has 2 aromatic rings. The maximum Gasteiger partial charge on any atom is 0.130 e. The quantitative estimate of drug-likeness (QED) is 0.467. The molecule has 0 saturated heterocycles. The summed E-state index contributed by atoms with van der Waals surface area (Å²) >= 11 is 12.4. The third kappa shape index (κ3) is 5.48. The summed E-state index contributed by atoms with van der Waals surface area (Å²) in [6, 6.07) is 11.1. The first-order chi connectivity index (χ1) is 12.4. The summed E-state index contributed by atoms with van der Waals surface area (Å²) in [4.78, 5) is 10.8. The molecule has 0 heterocycles. The summed E-state index contributed by atoms with van der Waals surface area (Å²) in [6.07, 6.45) is 1.78. The smallest absolute Gasteiger partial charge is 0.130 e. The largest absolute Gasteiger partial charge is 0.487 e. The second-order valence-electron chi connectivity index (χ2n) is 5.85. The van der Waals surface area contributed by atoms with E-state index in [0.717, 1.165) is 29.1 Å². The lowest BCUT2D eigenvalue weighted by atomic mass is 10.0. The molecule has 4 nitrogen and oxygen atoms in total. The number of ether oxygens (including phenoxy) is 1. The molecule has 0 saturated carbocycles. The molecule has 6 heteroatoms. The van der Waals surface area contributed by atoms with Gasteiger partial charge in [-0.15, -0.1) is 0 Å². The van der Waals surface area contributed by atoms with Crippen molar-refractivity contribution in [3.8, 4) is 5.75 Å². The Bertz CT molecular complexity index is 819. The number of aliphatic imine (C=N–C) groups is 2. The summed E-state index contributed by atoms with van der Waals surface area (Å²) < 4.78 is 5.82. The van der Waals surface area contributed by atoms with Crippen LogP contribution in [0.5, 0.6) is 5.75 Å². The van der Waals surface area contributed by atoms with Crippen LogP contribution in [0.3, 0.4) is 0 Å². The van der Waals surface area contributed by atoms with Crippen LogP contribution in [0.2, 0.25) is 10.0 Å².